The molecule has 0 amide bonds. The summed E-state index contributed by atoms with van der Waals surface area (Å²) in [7, 11) is 1.97. The number of benzene rings is 1. The molecule has 0 spiro atoms. The first-order valence-corrected chi connectivity index (χ1v) is 5.48. The molecule has 0 unspecified atom stereocenters. The first-order chi connectivity index (χ1) is 7.33. The van der Waals surface area contributed by atoms with E-state index in [9.17, 15) is 0 Å². The molecule has 0 fully saturated rings. The van der Waals surface area contributed by atoms with E-state index in [0.29, 0.717) is 6.54 Å². The minimum atomic E-state index is 0.527. The maximum atomic E-state index is 5.68. The molecule has 15 heavy (non-hydrogen) atoms. The molecule has 1 aromatic heterocycles. The number of nitrogens with zero attached hydrogens (tertiary/aromatic N) is 3. The van der Waals surface area contributed by atoms with E-state index >= 15 is 0 Å². The molecule has 0 atom stereocenters. The maximum Gasteiger partial charge on any atom is 0.212 e. The lowest BCUT2D eigenvalue weighted by molar-refractivity contribution is 1.01. The molecule has 0 aliphatic rings. The number of hydrogen-bond donors (Lipinski definition) is 1. The van der Waals surface area contributed by atoms with Crippen LogP contribution in [0.2, 0.25) is 0 Å². The van der Waals surface area contributed by atoms with Gasteiger partial charge in [0.25, 0.3) is 0 Å². The third kappa shape index (κ3) is 1.98. The average molecular weight is 220 g/mol. The van der Waals surface area contributed by atoms with Crippen LogP contribution in [-0.2, 0) is 6.54 Å². The molecule has 78 valence electrons. The highest BCUT2D eigenvalue weighted by Crippen LogP contribution is 2.27. The Labute approximate surface area is 92.4 Å². The summed E-state index contributed by atoms with van der Waals surface area (Å²) in [6.45, 7) is 0.527. The van der Waals surface area contributed by atoms with Crippen molar-refractivity contribution >= 4 is 22.2 Å². The lowest BCUT2D eigenvalue weighted by Crippen LogP contribution is -2.13. The smallest absolute Gasteiger partial charge is 0.212 e. The summed E-state index contributed by atoms with van der Waals surface area (Å²) in [6.07, 6.45) is 0. The van der Waals surface area contributed by atoms with Gasteiger partial charge >= 0.3 is 0 Å². The predicted molar refractivity (Wildman–Crippen MR) is 62.3 cm³/mol. The molecule has 0 saturated carbocycles. The lowest BCUT2D eigenvalue weighted by atomic mass is 10.1. The summed E-state index contributed by atoms with van der Waals surface area (Å²) >= 11 is 1.51. The second-order valence-corrected chi connectivity index (χ2v) is 3.92. The van der Waals surface area contributed by atoms with Gasteiger partial charge in [0, 0.05) is 19.3 Å². The van der Waals surface area contributed by atoms with Crippen LogP contribution >= 0.6 is 11.3 Å². The van der Waals surface area contributed by atoms with E-state index in [1.807, 2.05) is 36.2 Å². The largest absolute Gasteiger partial charge is 0.326 e. The van der Waals surface area contributed by atoms with Crippen molar-refractivity contribution < 1.29 is 0 Å². The molecule has 2 aromatic rings. The molecule has 0 aliphatic carbocycles. The normalized spacial score (nSPS) is 10.3. The van der Waals surface area contributed by atoms with Crippen LogP contribution < -0.4 is 10.6 Å². The summed E-state index contributed by atoms with van der Waals surface area (Å²) in [6, 6.07) is 8.03. The molecule has 5 heteroatoms. The van der Waals surface area contributed by atoms with Crippen LogP contribution in [0.1, 0.15) is 5.56 Å². The topological polar surface area (TPSA) is 55.0 Å². The number of anilines is 2. The molecule has 0 aliphatic heterocycles. The van der Waals surface area contributed by atoms with Crippen molar-refractivity contribution in [2.45, 2.75) is 6.54 Å². The van der Waals surface area contributed by atoms with Gasteiger partial charge < -0.3 is 10.6 Å². The van der Waals surface area contributed by atoms with Gasteiger partial charge in [-0.2, -0.15) is 0 Å². The van der Waals surface area contributed by atoms with E-state index in [0.717, 1.165) is 16.4 Å². The fourth-order valence-electron chi connectivity index (χ4n) is 1.43. The van der Waals surface area contributed by atoms with Crippen molar-refractivity contribution in [1.82, 2.24) is 10.2 Å². The van der Waals surface area contributed by atoms with E-state index < -0.39 is 0 Å². The maximum absolute atomic E-state index is 5.68. The third-order valence-electron chi connectivity index (χ3n) is 2.21. The third-order valence-corrected chi connectivity index (χ3v) is 2.97. The standard InChI is InChI=1S/C10H12N4S/c1-14(10-13-12-7-15-10)9-5-3-2-4-8(9)6-11/h2-5,7H,6,11H2,1H3. The van der Waals surface area contributed by atoms with Gasteiger partial charge in [0.15, 0.2) is 0 Å². The van der Waals surface area contributed by atoms with E-state index in [1.165, 1.54) is 11.3 Å². The highest BCUT2D eigenvalue weighted by molar-refractivity contribution is 7.13. The Bertz CT molecular complexity index is 427. The first kappa shape index (κ1) is 10.1. The quantitative estimate of drug-likeness (QED) is 0.856. The molecule has 0 bridgehead atoms. The van der Waals surface area contributed by atoms with Gasteiger partial charge in [-0.15, -0.1) is 10.2 Å². The van der Waals surface area contributed by atoms with Gasteiger partial charge in [0.2, 0.25) is 5.13 Å². The second-order valence-electron chi connectivity index (χ2n) is 3.11. The SMILES string of the molecule is CN(c1nncs1)c1ccccc1CN. The lowest BCUT2D eigenvalue weighted by Gasteiger charge is -2.18. The first-order valence-electron chi connectivity index (χ1n) is 4.61. The summed E-state index contributed by atoms with van der Waals surface area (Å²) in [5.74, 6) is 0. The van der Waals surface area contributed by atoms with Gasteiger partial charge in [-0.1, -0.05) is 29.5 Å². The van der Waals surface area contributed by atoms with E-state index in [4.69, 9.17) is 5.73 Å². The Hall–Kier alpha value is -1.46. The molecular formula is C10H12N4S. The van der Waals surface area contributed by atoms with Crippen LogP contribution in [0.5, 0.6) is 0 Å². The summed E-state index contributed by atoms with van der Waals surface area (Å²) in [5.41, 5.74) is 9.59. The molecule has 0 saturated heterocycles. The van der Waals surface area contributed by atoms with Crippen LogP contribution in [0.3, 0.4) is 0 Å². The molecule has 0 radical (unpaired) electrons. The van der Waals surface area contributed by atoms with Crippen molar-refractivity contribution in [2.24, 2.45) is 5.73 Å². The number of aromatic nitrogens is 2. The molecule has 2 N–H and O–H groups in total. The monoisotopic (exact) mass is 220 g/mol. The number of hydrogen-bond acceptors (Lipinski definition) is 5. The second kappa shape index (κ2) is 4.37. The fraction of sp³-hybridized carbons (Fsp3) is 0.200. The van der Waals surface area contributed by atoms with Gasteiger partial charge in [-0.25, -0.2) is 0 Å². The van der Waals surface area contributed by atoms with Crippen molar-refractivity contribution in [2.75, 3.05) is 11.9 Å². The molecule has 4 nitrogen and oxygen atoms in total. The molecule has 1 heterocycles. The van der Waals surface area contributed by atoms with E-state index in [-0.39, 0.29) is 0 Å². The zero-order valence-electron chi connectivity index (χ0n) is 8.42. The van der Waals surface area contributed by atoms with Crippen LogP contribution in [0.25, 0.3) is 0 Å². The minimum Gasteiger partial charge on any atom is -0.326 e. The Balaban J connectivity index is 2.37. The van der Waals surface area contributed by atoms with Gasteiger partial charge in [-0.3, -0.25) is 0 Å². The Morgan fingerprint density at radius 2 is 2.20 bits per heavy atom. The van der Waals surface area contributed by atoms with Crippen molar-refractivity contribution in [3.8, 4) is 0 Å². The van der Waals surface area contributed by atoms with Gasteiger partial charge in [0.05, 0.1) is 0 Å². The van der Waals surface area contributed by atoms with Crippen LogP contribution in [0.4, 0.5) is 10.8 Å². The summed E-state index contributed by atoms with van der Waals surface area (Å²) < 4.78 is 0. The fourth-order valence-corrected chi connectivity index (χ4v) is 1.97. The van der Waals surface area contributed by atoms with Gasteiger partial charge in [0.1, 0.15) is 5.51 Å². The van der Waals surface area contributed by atoms with Crippen molar-refractivity contribution in [3.63, 3.8) is 0 Å². The summed E-state index contributed by atoms with van der Waals surface area (Å²) in [4.78, 5) is 2.00. The number of rotatable bonds is 3. The minimum absolute atomic E-state index is 0.527. The summed E-state index contributed by atoms with van der Waals surface area (Å²) in [5, 5.41) is 8.71. The Morgan fingerprint density at radius 3 is 2.87 bits per heavy atom. The molecular weight excluding hydrogens is 208 g/mol. The Kier molecular flexibility index (Phi) is 2.94. The van der Waals surface area contributed by atoms with E-state index in [1.54, 1.807) is 5.51 Å². The zero-order valence-corrected chi connectivity index (χ0v) is 9.24. The highest BCUT2D eigenvalue weighted by atomic mass is 32.1. The Morgan fingerprint density at radius 1 is 1.40 bits per heavy atom. The van der Waals surface area contributed by atoms with Crippen LogP contribution in [-0.4, -0.2) is 17.2 Å². The van der Waals surface area contributed by atoms with Crippen LogP contribution in [0, 0.1) is 0 Å². The molecule has 1 aromatic carbocycles. The molecule has 2 rings (SSSR count). The average Bonchev–Trinajstić information content (AvgIpc) is 2.81. The highest BCUT2D eigenvalue weighted by Gasteiger charge is 2.09. The predicted octanol–water partition coefficient (Wildman–Crippen LogP) is 1.76. The van der Waals surface area contributed by atoms with E-state index in [2.05, 4.69) is 10.2 Å². The van der Waals surface area contributed by atoms with Crippen LogP contribution in [0.15, 0.2) is 29.8 Å². The number of para-hydroxylation sites is 1. The van der Waals surface area contributed by atoms with Gasteiger partial charge in [-0.05, 0) is 11.6 Å². The number of nitrogens with two attached hydrogens (primary N) is 1. The zero-order chi connectivity index (χ0) is 10.7. The van der Waals surface area contributed by atoms with Crippen molar-refractivity contribution in [1.29, 1.82) is 0 Å². The van der Waals surface area contributed by atoms with Crippen molar-refractivity contribution in [3.05, 3.63) is 35.3 Å².